The summed E-state index contributed by atoms with van der Waals surface area (Å²) >= 11 is 5.08. The summed E-state index contributed by atoms with van der Waals surface area (Å²) in [4.78, 5) is 0. The molecule has 0 saturated carbocycles. The number of thiocarbonyl (C=S) groups is 1. The first kappa shape index (κ1) is 12.0. The second-order valence-corrected chi connectivity index (χ2v) is 4.21. The van der Waals surface area contributed by atoms with Crippen molar-refractivity contribution in [2.75, 3.05) is 7.05 Å². The summed E-state index contributed by atoms with van der Waals surface area (Å²) in [5, 5.41) is 6.83. The minimum Gasteiger partial charge on any atom is -0.366 e. The zero-order valence-electron chi connectivity index (χ0n) is 9.72. The van der Waals surface area contributed by atoms with Gasteiger partial charge in [0, 0.05) is 7.05 Å². The van der Waals surface area contributed by atoms with E-state index in [1.165, 1.54) is 16.7 Å². The molecule has 0 radical (unpaired) electrons. The van der Waals surface area contributed by atoms with Crippen LogP contribution in [0.15, 0.2) is 18.2 Å². The molecule has 2 N–H and O–H groups in total. The number of hydrogen-bond acceptors (Lipinski definition) is 1. The fourth-order valence-electron chi connectivity index (χ4n) is 1.66. The van der Waals surface area contributed by atoms with Gasteiger partial charge in [0.2, 0.25) is 0 Å². The second-order valence-electron chi connectivity index (χ2n) is 3.81. The number of rotatable bonds is 2. The van der Waals surface area contributed by atoms with Crippen LogP contribution in [0.2, 0.25) is 0 Å². The van der Waals surface area contributed by atoms with Gasteiger partial charge < -0.3 is 10.6 Å². The molecule has 0 aromatic heterocycles. The largest absolute Gasteiger partial charge is 0.366 e. The summed E-state index contributed by atoms with van der Waals surface area (Å²) in [6, 6.07) is 6.71. The van der Waals surface area contributed by atoms with Crippen LogP contribution < -0.4 is 10.6 Å². The molecule has 0 aliphatic heterocycles. The monoisotopic (exact) mass is 222 g/mol. The van der Waals surface area contributed by atoms with E-state index in [1.807, 2.05) is 7.05 Å². The lowest BCUT2D eigenvalue weighted by Gasteiger charge is -2.18. The van der Waals surface area contributed by atoms with E-state index in [1.54, 1.807) is 0 Å². The van der Waals surface area contributed by atoms with Crippen LogP contribution in [0, 0.1) is 13.8 Å². The predicted octanol–water partition coefficient (Wildman–Crippen LogP) is 2.46. The zero-order valence-corrected chi connectivity index (χ0v) is 10.5. The molecule has 3 heteroatoms. The van der Waals surface area contributed by atoms with Gasteiger partial charge in [-0.1, -0.05) is 23.8 Å². The molecule has 0 aliphatic rings. The van der Waals surface area contributed by atoms with E-state index < -0.39 is 0 Å². The molecule has 0 aliphatic carbocycles. The maximum absolute atomic E-state index is 5.08. The van der Waals surface area contributed by atoms with Gasteiger partial charge in [0.1, 0.15) is 0 Å². The van der Waals surface area contributed by atoms with Gasteiger partial charge in [-0.25, -0.2) is 0 Å². The maximum Gasteiger partial charge on any atom is 0.166 e. The fourth-order valence-corrected chi connectivity index (χ4v) is 1.83. The van der Waals surface area contributed by atoms with Crippen molar-refractivity contribution in [2.24, 2.45) is 0 Å². The van der Waals surface area contributed by atoms with Gasteiger partial charge in [0.05, 0.1) is 6.04 Å². The van der Waals surface area contributed by atoms with E-state index in [0.717, 1.165) is 0 Å². The van der Waals surface area contributed by atoms with Crippen LogP contribution in [0.3, 0.4) is 0 Å². The highest BCUT2D eigenvalue weighted by Crippen LogP contribution is 2.18. The van der Waals surface area contributed by atoms with Crippen LogP contribution in [0.4, 0.5) is 0 Å². The fraction of sp³-hybridized carbons (Fsp3) is 0.417. The molecule has 1 aromatic rings. The van der Waals surface area contributed by atoms with Crippen LogP contribution in [-0.4, -0.2) is 12.2 Å². The van der Waals surface area contributed by atoms with Gasteiger partial charge in [-0.15, -0.1) is 0 Å². The summed E-state index contributed by atoms with van der Waals surface area (Å²) in [5.74, 6) is 0. The van der Waals surface area contributed by atoms with Crippen LogP contribution in [-0.2, 0) is 0 Å². The first-order valence-electron chi connectivity index (χ1n) is 5.10. The van der Waals surface area contributed by atoms with Crippen molar-refractivity contribution in [2.45, 2.75) is 26.8 Å². The average Bonchev–Trinajstić information content (AvgIpc) is 2.17. The van der Waals surface area contributed by atoms with Gasteiger partial charge in [0.25, 0.3) is 0 Å². The summed E-state index contributed by atoms with van der Waals surface area (Å²) < 4.78 is 0. The van der Waals surface area contributed by atoms with Crippen LogP contribution in [0.25, 0.3) is 0 Å². The molecule has 0 fully saturated rings. The molecule has 0 heterocycles. The van der Waals surface area contributed by atoms with Crippen LogP contribution in [0.5, 0.6) is 0 Å². The zero-order chi connectivity index (χ0) is 11.4. The summed E-state index contributed by atoms with van der Waals surface area (Å²) in [5.41, 5.74) is 3.88. The molecule has 1 unspecified atom stereocenters. The summed E-state index contributed by atoms with van der Waals surface area (Å²) in [7, 11) is 1.82. The van der Waals surface area contributed by atoms with E-state index >= 15 is 0 Å². The molecule has 0 amide bonds. The maximum atomic E-state index is 5.08. The Morgan fingerprint density at radius 2 is 2.00 bits per heavy atom. The second kappa shape index (κ2) is 5.12. The van der Waals surface area contributed by atoms with Crippen molar-refractivity contribution in [3.05, 3.63) is 34.9 Å². The van der Waals surface area contributed by atoms with Gasteiger partial charge in [0.15, 0.2) is 5.11 Å². The Balaban J connectivity index is 2.82. The van der Waals surface area contributed by atoms with Gasteiger partial charge in [-0.2, -0.15) is 0 Å². The number of aryl methyl sites for hydroxylation is 2. The topological polar surface area (TPSA) is 24.1 Å². The van der Waals surface area contributed by atoms with E-state index in [0.29, 0.717) is 5.11 Å². The van der Waals surface area contributed by atoms with E-state index in [2.05, 4.69) is 49.6 Å². The van der Waals surface area contributed by atoms with Gasteiger partial charge in [-0.05, 0) is 44.1 Å². The number of benzene rings is 1. The Morgan fingerprint density at radius 1 is 1.33 bits per heavy atom. The molecular weight excluding hydrogens is 204 g/mol. The van der Waals surface area contributed by atoms with Gasteiger partial charge >= 0.3 is 0 Å². The normalized spacial score (nSPS) is 12.0. The first-order valence-corrected chi connectivity index (χ1v) is 5.51. The average molecular weight is 222 g/mol. The number of hydrogen-bond donors (Lipinski definition) is 2. The van der Waals surface area contributed by atoms with Crippen LogP contribution in [0.1, 0.15) is 29.7 Å². The Bertz CT molecular complexity index is 361. The lowest BCUT2D eigenvalue weighted by atomic mass is 10.0. The Morgan fingerprint density at radius 3 is 2.53 bits per heavy atom. The molecule has 15 heavy (non-hydrogen) atoms. The van der Waals surface area contributed by atoms with Crippen molar-refractivity contribution >= 4 is 17.3 Å². The third-order valence-corrected chi connectivity index (χ3v) is 2.79. The lowest BCUT2D eigenvalue weighted by Crippen LogP contribution is -2.34. The number of nitrogens with one attached hydrogen (secondary N) is 2. The first-order chi connectivity index (χ1) is 7.04. The smallest absolute Gasteiger partial charge is 0.166 e. The molecule has 1 atom stereocenters. The molecule has 1 rings (SSSR count). The molecule has 0 bridgehead atoms. The molecule has 82 valence electrons. The third-order valence-electron chi connectivity index (χ3n) is 2.47. The van der Waals surface area contributed by atoms with Crippen molar-refractivity contribution in [3.8, 4) is 0 Å². The molecule has 0 spiro atoms. The van der Waals surface area contributed by atoms with Crippen LogP contribution >= 0.6 is 12.2 Å². The van der Waals surface area contributed by atoms with Gasteiger partial charge in [-0.3, -0.25) is 0 Å². The van der Waals surface area contributed by atoms with Crippen molar-refractivity contribution in [3.63, 3.8) is 0 Å². The highest BCUT2D eigenvalue weighted by atomic mass is 32.1. The Labute approximate surface area is 97.1 Å². The highest BCUT2D eigenvalue weighted by molar-refractivity contribution is 7.80. The minimum absolute atomic E-state index is 0.241. The highest BCUT2D eigenvalue weighted by Gasteiger charge is 2.08. The van der Waals surface area contributed by atoms with E-state index in [9.17, 15) is 0 Å². The standard InChI is InChI=1S/C12H18N2S/c1-8-5-6-11(9(2)7-8)10(3)14-12(15)13-4/h5-7,10H,1-4H3,(H2,13,14,15). The molecule has 0 saturated heterocycles. The SMILES string of the molecule is CNC(=S)NC(C)c1ccc(C)cc1C. The summed E-state index contributed by atoms with van der Waals surface area (Å²) in [6.45, 7) is 6.34. The minimum atomic E-state index is 0.241. The van der Waals surface area contributed by atoms with Crippen molar-refractivity contribution < 1.29 is 0 Å². The lowest BCUT2D eigenvalue weighted by molar-refractivity contribution is 0.704. The quantitative estimate of drug-likeness (QED) is 0.752. The molecular formula is C12H18N2S. The predicted molar refractivity (Wildman–Crippen MR) is 69.1 cm³/mol. The summed E-state index contributed by atoms with van der Waals surface area (Å²) in [6.07, 6.45) is 0. The Hall–Kier alpha value is -1.09. The molecule has 2 nitrogen and oxygen atoms in total. The van der Waals surface area contributed by atoms with Crippen molar-refractivity contribution in [1.29, 1.82) is 0 Å². The van der Waals surface area contributed by atoms with E-state index in [4.69, 9.17) is 12.2 Å². The van der Waals surface area contributed by atoms with Crippen molar-refractivity contribution in [1.82, 2.24) is 10.6 Å². The Kier molecular flexibility index (Phi) is 4.09. The van der Waals surface area contributed by atoms with E-state index in [-0.39, 0.29) is 6.04 Å². The molecule has 1 aromatic carbocycles. The third kappa shape index (κ3) is 3.20.